The molecule has 0 unspecified atom stereocenters. The fourth-order valence-corrected chi connectivity index (χ4v) is 6.38. The molecule has 1 aliphatic heterocycles. The van der Waals surface area contributed by atoms with Gasteiger partial charge in [0.2, 0.25) is 10.0 Å². The van der Waals surface area contributed by atoms with Gasteiger partial charge in [0.25, 0.3) is 5.91 Å². The Hall–Kier alpha value is -2.91. The molecule has 0 radical (unpaired) electrons. The van der Waals surface area contributed by atoms with Crippen molar-refractivity contribution in [1.29, 1.82) is 0 Å². The van der Waals surface area contributed by atoms with E-state index >= 15 is 0 Å². The number of carbonyl (C=O) groups excluding carboxylic acids is 2. The molecule has 35 heavy (non-hydrogen) atoms. The lowest BCUT2D eigenvalue weighted by Crippen LogP contribution is -2.31. The lowest BCUT2D eigenvalue weighted by atomic mass is 9.89. The Morgan fingerprint density at radius 1 is 1.00 bits per heavy atom. The topological polar surface area (TPSA) is 102 Å². The zero-order chi connectivity index (χ0) is 25.0. The summed E-state index contributed by atoms with van der Waals surface area (Å²) in [5.74, 6) is -1.05. The Morgan fingerprint density at radius 2 is 1.71 bits per heavy atom. The van der Waals surface area contributed by atoms with E-state index in [4.69, 9.17) is 9.47 Å². The van der Waals surface area contributed by atoms with Crippen LogP contribution in [0.3, 0.4) is 0 Å². The fourth-order valence-electron chi connectivity index (χ4n) is 4.68. The lowest BCUT2D eigenvalue weighted by molar-refractivity contribution is -0.124. The predicted molar refractivity (Wildman–Crippen MR) is 131 cm³/mol. The summed E-state index contributed by atoms with van der Waals surface area (Å²) in [6.07, 6.45) is 6.13. The van der Waals surface area contributed by atoms with Crippen molar-refractivity contribution in [1.82, 2.24) is 9.62 Å². The molecule has 2 aromatic carbocycles. The normalized spacial score (nSPS) is 16.9. The van der Waals surface area contributed by atoms with Crippen molar-refractivity contribution >= 4 is 21.9 Å². The first-order valence-corrected chi connectivity index (χ1v) is 13.5. The largest absolute Gasteiger partial charge is 0.495 e. The number of hydrogen-bond donors (Lipinski definition) is 1. The van der Waals surface area contributed by atoms with Crippen molar-refractivity contribution in [3.05, 3.63) is 58.7 Å². The number of amides is 1. The molecule has 0 bridgehead atoms. The number of ether oxygens (including phenoxy) is 2. The molecule has 2 aromatic rings. The van der Waals surface area contributed by atoms with E-state index in [2.05, 4.69) is 17.4 Å². The second-order valence-electron chi connectivity index (χ2n) is 9.08. The van der Waals surface area contributed by atoms with Gasteiger partial charge in [-0.3, -0.25) is 4.79 Å². The molecular formula is C26H32N2O6S. The van der Waals surface area contributed by atoms with Gasteiger partial charge in [0.05, 0.1) is 18.7 Å². The van der Waals surface area contributed by atoms with Gasteiger partial charge in [-0.05, 0) is 80.3 Å². The molecule has 0 saturated carbocycles. The summed E-state index contributed by atoms with van der Waals surface area (Å²) < 4.78 is 37.9. The Bertz CT molecular complexity index is 1200. The number of rotatable bonds is 8. The Morgan fingerprint density at radius 3 is 2.43 bits per heavy atom. The van der Waals surface area contributed by atoms with Crippen molar-refractivity contribution in [2.24, 2.45) is 0 Å². The van der Waals surface area contributed by atoms with Crippen LogP contribution in [-0.4, -0.2) is 51.4 Å². The fraction of sp³-hybridized carbons (Fsp3) is 0.462. The number of aryl methyl sites for hydroxylation is 2. The zero-order valence-corrected chi connectivity index (χ0v) is 21.0. The Kier molecular flexibility index (Phi) is 7.76. The highest BCUT2D eigenvalue weighted by molar-refractivity contribution is 7.89. The molecule has 1 heterocycles. The van der Waals surface area contributed by atoms with Gasteiger partial charge < -0.3 is 14.8 Å². The van der Waals surface area contributed by atoms with Crippen LogP contribution < -0.4 is 10.1 Å². The standard InChI is InChI=1S/C26H32N2O6S/c1-18(20-10-9-19-7-3-4-8-21(19)15-20)27-25(29)17-34-26(30)22-11-12-23(33-2)24(16-22)35(31,32)28-13-5-6-14-28/h9-12,15-16,18H,3-8,13-14,17H2,1-2H3,(H,27,29)/t18-/m1/s1. The second-order valence-corrected chi connectivity index (χ2v) is 11.0. The van der Waals surface area contributed by atoms with E-state index in [1.54, 1.807) is 0 Å². The van der Waals surface area contributed by atoms with E-state index in [0.29, 0.717) is 13.1 Å². The minimum atomic E-state index is -3.80. The van der Waals surface area contributed by atoms with Crippen molar-refractivity contribution in [2.45, 2.75) is 56.4 Å². The van der Waals surface area contributed by atoms with Gasteiger partial charge in [0, 0.05) is 13.1 Å². The summed E-state index contributed by atoms with van der Waals surface area (Å²) in [5.41, 5.74) is 3.76. The number of nitrogens with zero attached hydrogens (tertiary/aromatic N) is 1. The van der Waals surface area contributed by atoms with Crippen LogP contribution in [0.5, 0.6) is 5.75 Å². The molecule has 1 saturated heterocycles. The first kappa shape index (κ1) is 25.2. The molecule has 1 atom stereocenters. The van der Waals surface area contributed by atoms with Gasteiger partial charge in [-0.1, -0.05) is 18.2 Å². The molecule has 4 rings (SSSR count). The summed E-state index contributed by atoms with van der Waals surface area (Å²) in [6, 6.07) is 10.2. The van der Waals surface area contributed by atoms with Crippen molar-refractivity contribution in [3.63, 3.8) is 0 Å². The predicted octanol–water partition coefficient (Wildman–Crippen LogP) is 3.39. The van der Waals surface area contributed by atoms with Crippen LogP contribution in [0, 0.1) is 0 Å². The van der Waals surface area contributed by atoms with E-state index in [9.17, 15) is 18.0 Å². The maximum Gasteiger partial charge on any atom is 0.338 e. The summed E-state index contributed by atoms with van der Waals surface area (Å²) in [7, 11) is -2.42. The summed E-state index contributed by atoms with van der Waals surface area (Å²) in [6.45, 7) is 2.29. The first-order chi connectivity index (χ1) is 16.8. The Balaban J connectivity index is 1.38. The molecule has 9 heteroatoms. The average Bonchev–Trinajstić information content (AvgIpc) is 3.42. The maximum atomic E-state index is 13.0. The zero-order valence-electron chi connectivity index (χ0n) is 20.2. The van der Waals surface area contributed by atoms with Gasteiger partial charge in [-0.2, -0.15) is 4.31 Å². The number of esters is 1. The molecule has 1 N–H and O–H groups in total. The third-order valence-electron chi connectivity index (χ3n) is 6.67. The maximum absolute atomic E-state index is 13.0. The number of nitrogens with one attached hydrogen (secondary N) is 1. The smallest absolute Gasteiger partial charge is 0.338 e. The molecule has 188 valence electrons. The van der Waals surface area contributed by atoms with Crippen LogP contribution >= 0.6 is 0 Å². The van der Waals surface area contributed by atoms with E-state index in [1.807, 2.05) is 13.0 Å². The average molecular weight is 501 g/mol. The minimum Gasteiger partial charge on any atom is -0.495 e. The number of carbonyl (C=O) groups is 2. The molecule has 0 aromatic heterocycles. The quantitative estimate of drug-likeness (QED) is 0.558. The Labute approximate surface area is 206 Å². The van der Waals surface area contributed by atoms with Crippen molar-refractivity contribution in [3.8, 4) is 5.75 Å². The molecule has 0 spiro atoms. The highest BCUT2D eigenvalue weighted by Crippen LogP contribution is 2.30. The summed E-state index contributed by atoms with van der Waals surface area (Å²) in [4.78, 5) is 25.0. The molecule has 1 aliphatic carbocycles. The van der Waals surface area contributed by atoms with E-state index < -0.39 is 28.5 Å². The summed E-state index contributed by atoms with van der Waals surface area (Å²) in [5, 5.41) is 2.86. The van der Waals surface area contributed by atoms with Crippen LogP contribution in [0.15, 0.2) is 41.3 Å². The second kappa shape index (κ2) is 10.8. The minimum absolute atomic E-state index is 0.0408. The van der Waals surface area contributed by atoms with E-state index in [1.165, 1.54) is 53.6 Å². The highest BCUT2D eigenvalue weighted by atomic mass is 32.2. The van der Waals surface area contributed by atoms with Gasteiger partial charge in [-0.25, -0.2) is 13.2 Å². The lowest BCUT2D eigenvalue weighted by Gasteiger charge is -2.20. The third kappa shape index (κ3) is 5.67. The van der Waals surface area contributed by atoms with Crippen LogP contribution in [0.25, 0.3) is 0 Å². The van der Waals surface area contributed by atoms with E-state index in [0.717, 1.165) is 31.2 Å². The number of benzene rings is 2. The molecular weight excluding hydrogens is 468 g/mol. The van der Waals surface area contributed by atoms with Gasteiger partial charge in [-0.15, -0.1) is 0 Å². The van der Waals surface area contributed by atoms with Gasteiger partial charge in [0.15, 0.2) is 6.61 Å². The van der Waals surface area contributed by atoms with Crippen molar-refractivity contribution < 1.29 is 27.5 Å². The van der Waals surface area contributed by atoms with E-state index in [-0.39, 0.29) is 22.3 Å². The number of methoxy groups -OCH3 is 1. The first-order valence-electron chi connectivity index (χ1n) is 12.1. The molecule has 2 aliphatic rings. The molecule has 1 fully saturated rings. The number of hydrogen-bond acceptors (Lipinski definition) is 6. The molecule has 1 amide bonds. The third-order valence-corrected chi connectivity index (χ3v) is 8.59. The highest BCUT2D eigenvalue weighted by Gasteiger charge is 2.31. The van der Waals surface area contributed by atoms with Gasteiger partial charge in [0.1, 0.15) is 10.6 Å². The van der Waals surface area contributed by atoms with Crippen LogP contribution in [0.1, 0.15) is 65.7 Å². The van der Waals surface area contributed by atoms with Crippen molar-refractivity contribution in [2.75, 3.05) is 26.8 Å². The number of sulfonamides is 1. The van der Waals surface area contributed by atoms with Crippen LogP contribution in [0.4, 0.5) is 0 Å². The van der Waals surface area contributed by atoms with Crippen LogP contribution in [-0.2, 0) is 32.4 Å². The summed E-state index contributed by atoms with van der Waals surface area (Å²) >= 11 is 0. The monoisotopic (exact) mass is 500 g/mol. The SMILES string of the molecule is COc1ccc(C(=O)OCC(=O)N[C@H](C)c2ccc3c(c2)CCCC3)cc1S(=O)(=O)N1CCCC1. The molecule has 8 nitrogen and oxygen atoms in total. The number of fused-ring (bicyclic) bond motifs is 1. The van der Waals surface area contributed by atoms with Crippen LogP contribution in [0.2, 0.25) is 0 Å². The van der Waals surface area contributed by atoms with Gasteiger partial charge >= 0.3 is 5.97 Å².